The molecule has 4 nitrogen and oxygen atoms in total. The fraction of sp³-hybridized carbons (Fsp3) is 0.235. The number of nitrogens with zero attached hydrogens (tertiary/aromatic N) is 3. The Balaban J connectivity index is 1.77. The number of aliphatic hydroxyl groups excluding tert-OH is 1. The van der Waals surface area contributed by atoms with Gasteiger partial charge in [0.15, 0.2) is 0 Å². The molecule has 0 spiro atoms. The number of hydrogen-bond donors (Lipinski definition) is 1. The van der Waals surface area contributed by atoms with Gasteiger partial charge < -0.3 is 10.0 Å². The lowest BCUT2D eigenvalue weighted by atomic mass is 10.0. The maximum absolute atomic E-state index is 14.2. The molecule has 23 heavy (non-hydrogen) atoms. The molecular formula is C17H15F2N3O. The van der Waals surface area contributed by atoms with Crippen molar-refractivity contribution in [1.82, 2.24) is 9.61 Å². The first kappa shape index (κ1) is 14.1. The van der Waals surface area contributed by atoms with Gasteiger partial charge in [0.25, 0.3) is 0 Å². The fourth-order valence-electron chi connectivity index (χ4n) is 3.25. The highest BCUT2D eigenvalue weighted by Gasteiger charge is 2.34. The largest absolute Gasteiger partial charge is 0.391 e. The average Bonchev–Trinajstić information content (AvgIpc) is 3.15. The summed E-state index contributed by atoms with van der Waals surface area (Å²) < 4.78 is 29.4. The summed E-state index contributed by atoms with van der Waals surface area (Å²) in [5, 5.41) is 14.2. The normalized spacial score (nSPS) is 21.3. The highest BCUT2D eigenvalue weighted by Crippen LogP contribution is 2.37. The minimum atomic E-state index is -0.580. The molecule has 1 saturated heterocycles. The monoisotopic (exact) mass is 315 g/mol. The Morgan fingerprint density at radius 2 is 2.00 bits per heavy atom. The van der Waals surface area contributed by atoms with E-state index in [4.69, 9.17) is 0 Å². The lowest BCUT2D eigenvalue weighted by Crippen LogP contribution is -2.25. The summed E-state index contributed by atoms with van der Waals surface area (Å²) in [7, 11) is 0. The van der Waals surface area contributed by atoms with Crippen LogP contribution >= 0.6 is 0 Å². The molecule has 1 aliphatic rings. The molecule has 1 aliphatic heterocycles. The number of aliphatic hydroxyl groups is 1. The van der Waals surface area contributed by atoms with Gasteiger partial charge >= 0.3 is 0 Å². The summed E-state index contributed by atoms with van der Waals surface area (Å²) in [5.74, 6) is -0.935. The van der Waals surface area contributed by atoms with Crippen LogP contribution in [0.2, 0.25) is 0 Å². The maximum atomic E-state index is 14.2. The Labute approximate surface area is 131 Å². The van der Waals surface area contributed by atoms with E-state index in [0.29, 0.717) is 13.0 Å². The Morgan fingerprint density at radius 1 is 1.13 bits per heavy atom. The van der Waals surface area contributed by atoms with Gasteiger partial charge in [0.2, 0.25) is 0 Å². The molecule has 2 atom stereocenters. The lowest BCUT2D eigenvalue weighted by molar-refractivity contribution is 0.194. The predicted octanol–water partition coefficient (Wildman–Crippen LogP) is 2.92. The number of benzene rings is 1. The molecule has 0 bridgehead atoms. The molecule has 2 aromatic heterocycles. The van der Waals surface area contributed by atoms with Gasteiger partial charge in [-0.1, -0.05) is 0 Å². The molecule has 1 N–H and O–H groups in total. The van der Waals surface area contributed by atoms with Crippen LogP contribution < -0.4 is 4.90 Å². The highest BCUT2D eigenvalue weighted by atomic mass is 19.1. The molecular weight excluding hydrogens is 300 g/mol. The molecule has 3 heterocycles. The highest BCUT2D eigenvalue weighted by molar-refractivity contribution is 5.60. The Hall–Kier alpha value is -2.47. The number of rotatable bonds is 2. The third-order valence-electron chi connectivity index (χ3n) is 4.31. The van der Waals surface area contributed by atoms with Crippen molar-refractivity contribution in [2.24, 2.45) is 0 Å². The molecule has 118 valence electrons. The zero-order valence-corrected chi connectivity index (χ0v) is 12.2. The van der Waals surface area contributed by atoms with Crippen LogP contribution in [0, 0.1) is 11.6 Å². The molecule has 1 unspecified atom stereocenters. The molecule has 1 aromatic carbocycles. The number of halogens is 2. The first-order valence-corrected chi connectivity index (χ1v) is 7.45. The maximum Gasteiger partial charge on any atom is 0.128 e. The summed E-state index contributed by atoms with van der Waals surface area (Å²) in [6.07, 6.45) is 3.30. The third-order valence-corrected chi connectivity index (χ3v) is 4.31. The van der Waals surface area contributed by atoms with Crippen LogP contribution in [0.3, 0.4) is 0 Å². The van der Waals surface area contributed by atoms with E-state index in [2.05, 4.69) is 5.10 Å². The van der Waals surface area contributed by atoms with E-state index >= 15 is 0 Å². The average molecular weight is 315 g/mol. The van der Waals surface area contributed by atoms with Crippen molar-refractivity contribution in [2.75, 3.05) is 11.4 Å². The van der Waals surface area contributed by atoms with Crippen molar-refractivity contribution >= 4 is 11.2 Å². The predicted molar refractivity (Wildman–Crippen MR) is 82.3 cm³/mol. The number of fused-ring (bicyclic) bond motifs is 1. The molecule has 0 saturated carbocycles. The number of hydrogen-bond acceptors (Lipinski definition) is 3. The van der Waals surface area contributed by atoms with E-state index in [1.54, 1.807) is 10.7 Å². The summed E-state index contributed by atoms with van der Waals surface area (Å²) in [6, 6.07) is 8.71. The van der Waals surface area contributed by atoms with E-state index in [-0.39, 0.29) is 5.56 Å². The van der Waals surface area contributed by atoms with Gasteiger partial charge in [-0.15, -0.1) is 0 Å². The van der Waals surface area contributed by atoms with Crippen molar-refractivity contribution in [3.05, 3.63) is 66.0 Å². The second-order valence-corrected chi connectivity index (χ2v) is 5.81. The first-order valence-electron chi connectivity index (χ1n) is 7.45. The van der Waals surface area contributed by atoms with Crippen molar-refractivity contribution in [1.29, 1.82) is 0 Å². The van der Waals surface area contributed by atoms with Crippen molar-refractivity contribution < 1.29 is 13.9 Å². The van der Waals surface area contributed by atoms with E-state index in [1.165, 1.54) is 6.07 Å². The first-order chi connectivity index (χ1) is 11.1. The zero-order chi connectivity index (χ0) is 16.0. The quantitative estimate of drug-likeness (QED) is 0.790. The third kappa shape index (κ3) is 2.45. The minimum Gasteiger partial charge on any atom is -0.391 e. The Morgan fingerprint density at radius 3 is 2.87 bits per heavy atom. The van der Waals surface area contributed by atoms with E-state index < -0.39 is 23.8 Å². The molecule has 3 aromatic rings. The summed E-state index contributed by atoms with van der Waals surface area (Å²) in [5.41, 5.74) is 2.03. The van der Waals surface area contributed by atoms with Gasteiger partial charge in [0, 0.05) is 30.2 Å². The number of β-amino-alcohol motifs (C(OH)–C–C–N with tert-alkyl or cyclic N) is 1. The molecule has 0 aliphatic carbocycles. The van der Waals surface area contributed by atoms with Gasteiger partial charge in [0.1, 0.15) is 11.6 Å². The van der Waals surface area contributed by atoms with Crippen LogP contribution in [0.4, 0.5) is 14.5 Å². The molecule has 0 radical (unpaired) electrons. The van der Waals surface area contributed by atoms with E-state index in [9.17, 15) is 13.9 Å². The van der Waals surface area contributed by atoms with Gasteiger partial charge in [-0.3, -0.25) is 0 Å². The number of anilines is 1. The van der Waals surface area contributed by atoms with Crippen LogP contribution in [-0.2, 0) is 0 Å². The van der Waals surface area contributed by atoms with Crippen LogP contribution in [0.15, 0.2) is 48.8 Å². The summed E-state index contributed by atoms with van der Waals surface area (Å²) >= 11 is 0. The standard InChI is InChI=1S/C17H15F2N3O/c18-11-1-2-16(19)15(7-11)17-9-14(23)10-21(17)12-4-6-22-13(8-12)3-5-20-22/h1-8,14,17,23H,9-10H2/t14-,17?/m1/s1. The minimum absolute atomic E-state index is 0.273. The summed E-state index contributed by atoms with van der Waals surface area (Å²) in [4.78, 5) is 1.91. The number of aromatic nitrogens is 2. The molecule has 6 heteroatoms. The smallest absolute Gasteiger partial charge is 0.128 e. The van der Waals surface area contributed by atoms with Crippen LogP contribution in [-0.4, -0.2) is 27.4 Å². The molecule has 4 rings (SSSR count). The van der Waals surface area contributed by atoms with Crippen LogP contribution in [0.25, 0.3) is 5.52 Å². The Bertz CT molecular complexity index is 864. The van der Waals surface area contributed by atoms with Crippen molar-refractivity contribution in [3.8, 4) is 0 Å². The topological polar surface area (TPSA) is 40.8 Å². The lowest BCUT2D eigenvalue weighted by Gasteiger charge is -2.27. The van der Waals surface area contributed by atoms with Crippen molar-refractivity contribution in [3.63, 3.8) is 0 Å². The summed E-state index contributed by atoms with van der Waals surface area (Å²) in [6.45, 7) is 0.380. The second-order valence-electron chi connectivity index (χ2n) is 5.81. The van der Waals surface area contributed by atoms with E-state index in [1.807, 2.05) is 29.3 Å². The number of pyridine rings is 1. The molecule has 0 amide bonds. The van der Waals surface area contributed by atoms with Crippen molar-refractivity contribution in [2.45, 2.75) is 18.6 Å². The van der Waals surface area contributed by atoms with Gasteiger partial charge in [-0.05, 0) is 42.8 Å². The van der Waals surface area contributed by atoms with Gasteiger partial charge in [0.05, 0.1) is 17.7 Å². The SMILES string of the molecule is O[C@@H]1CC(c2cc(F)ccc2F)N(c2ccn3nccc3c2)C1. The fourth-order valence-corrected chi connectivity index (χ4v) is 3.25. The van der Waals surface area contributed by atoms with Crippen LogP contribution in [0.1, 0.15) is 18.0 Å². The second kappa shape index (κ2) is 5.31. The van der Waals surface area contributed by atoms with E-state index in [0.717, 1.165) is 23.3 Å². The molecule has 1 fully saturated rings. The van der Waals surface area contributed by atoms with Gasteiger partial charge in [-0.2, -0.15) is 5.10 Å². The van der Waals surface area contributed by atoms with Gasteiger partial charge in [-0.25, -0.2) is 13.3 Å². The van der Waals surface area contributed by atoms with Crippen LogP contribution in [0.5, 0.6) is 0 Å². The zero-order valence-electron chi connectivity index (χ0n) is 12.2. The Kier molecular flexibility index (Phi) is 3.27.